The quantitative estimate of drug-likeness (QED) is 0.391. The van der Waals surface area contributed by atoms with Gasteiger partial charge in [0.15, 0.2) is 11.5 Å². The normalized spacial score (nSPS) is 13.4. The molecule has 0 spiro atoms. The molecule has 4 rings (SSSR count). The van der Waals surface area contributed by atoms with Crippen LogP contribution >= 0.6 is 22.6 Å². The Kier molecular flexibility index (Phi) is 6.58. The predicted molar refractivity (Wildman–Crippen MR) is 141 cm³/mol. The maximum atomic E-state index is 9.74. The van der Waals surface area contributed by atoms with E-state index in [2.05, 4.69) is 39.7 Å². The van der Waals surface area contributed by atoms with Crippen molar-refractivity contribution in [2.75, 3.05) is 12.8 Å². The fourth-order valence-electron chi connectivity index (χ4n) is 4.00. The molecule has 168 valence electrons. The topological polar surface area (TPSA) is 105 Å². The van der Waals surface area contributed by atoms with Crippen LogP contribution in [0.1, 0.15) is 40.4 Å². The van der Waals surface area contributed by atoms with Gasteiger partial charge in [0.2, 0.25) is 0 Å². The second kappa shape index (κ2) is 9.58. The molecule has 0 saturated carbocycles. The molecule has 1 heterocycles. The first-order valence-corrected chi connectivity index (χ1v) is 11.5. The summed E-state index contributed by atoms with van der Waals surface area (Å²) in [5.74, 6) is 1.37. The lowest BCUT2D eigenvalue weighted by Gasteiger charge is -2.13. The number of ether oxygens (including phenoxy) is 2. The van der Waals surface area contributed by atoms with Crippen LogP contribution in [-0.4, -0.2) is 12.1 Å². The van der Waals surface area contributed by atoms with Gasteiger partial charge in [-0.15, -0.1) is 0 Å². The summed E-state index contributed by atoms with van der Waals surface area (Å²) in [6, 6.07) is 18.2. The van der Waals surface area contributed by atoms with Crippen molar-refractivity contribution in [3.05, 3.63) is 85.1 Å². The average molecular weight is 560 g/mol. The molecule has 0 unspecified atom stereocenters. The summed E-state index contributed by atoms with van der Waals surface area (Å²) in [6.07, 6.45) is 1.97. The standard InChI is InChI=1S/C27H21IN4O2/c1-15-20(25-16(2)22(13-30)27(31)32-26(25)21(15)12-29)10-18-6-9-23(24(11-18)33-3)34-14-17-4-7-19(28)8-5-17/h4-11H,14H2,1-3H3,(H2,31,32)/b20-10-. The Labute approximate surface area is 212 Å². The number of nitrogens with two attached hydrogens (primary N) is 1. The third-order valence-electron chi connectivity index (χ3n) is 5.79. The van der Waals surface area contributed by atoms with Gasteiger partial charge in [0, 0.05) is 9.13 Å². The van der Waals surface area contributed by atoms with Gasteiger partial charge in [-0.2, -0.15) is 10.5 Å². The molecule has 3 aromatic rings. The van der Waals surface area contributed by atoms with Gasteiger partial charge in [-0.3, -0.25) is 0 Å². The lowest BCUT2D eigenvalue weighted by molar-refractivity contribution is 0.284. The molecular weight excluding hydrogens is 539 g/mol. The first-order chi connectivity index (χ1) is 16.4. The van der Waals surface area contributed by atoms with Gasteiger partial charge < -0.3 is 15.2 Å². The molecule has 0 saturated heterocycles. The first-order valence-electron chi connectivity index (χ1n) is 10.5. The van der Waals surface area contributed by atoms with E-state index in [1.807, 2.05) is 62.4 Å². The largest absolute Gasteiger partial charge is 0.493 e. The smallest absolute Gasteiger partial charge is 0.161 e. The number of nitrogens with zero attached hydrogens (tertiary/aromatic N) is 3. The number of hydrogen-bond acceptors (Lipinski definition) is 6. The Morgan fingerprint density at radius 1 is 1.06 bits per heavy atom. The Hall–Kier alpha value is -3.82. The second-order valence-electron chi connectivity index (χ2n) is 7.83. The van der Waals surface area contributed by atoms with Crippen molar-refractivity contribution in [3.63, 3.8) is 0 Å². The molecule has 1 aliphatic carbocycles. The summed E-state index contributed by atoms with van der Waals surface area (Å²) in [7, 11) is 1.60. The van der Waals surface area contributed by atoms with E-state index in [1.165, 1.54) is 3.57 Å². The molecule has 6 nitrogen and oxygen atoms in total. The van der Waals surface area contributed by atoms with E-state index in [4.69, 9.17) is 15.2 Å². The number of nitrogen functional groups attached to an aromatic ring is 1. The van der Waals surface area contributed by atoms with E-state index in [9.17, 15) is 10.5 Å². The SMILES string of the molecule is COc1cc(/C=C2/C(C)=C(C#N)c3nc(N)c(C#N)c(C)c32)ccc1OCc1ccc(I)cc1. The molecule has 0 atom stereocenters. The Morgan fingerprint density at radius 3 is 2.44 bits per heavy atom. The third kappa shape index (κ3) is 4.23. The highest BCUT2D eigenvalue weighted by molar-refractivity contribution is 14.1. The van der Waals surface area contributed by atoms with Crippen molar-refractivity contribution in [1.29, 1.82) is 10.5 Å². The van der Waals surface area contributed by atoms with Crippen LogP contribution in [0.3, 0.4) is 0 Å². The zero-order valence-electron chi connectivity index (χ0n) is 18.9. The zero-order valence-corrected chi connectivity index (χ0v) is 21.1. The second-order valence-corrected chi connectivity index (χ2v) is 9.07. The number of aromatic nitrogens is 1. The number of hydrogen-bond donors (Lipinski definition) is 1. The lowest BCUT2D eigenvalue weighted by Crippen LogP contribution is -2.03. The molecule has 7 heteroatoms. The van der Waals surface area contributed by atoms with Crippen LogP contribution in [0.5, 0.6) is 11.5 Å². The Balaban J connectivity index is 1.72. The predicted octanol–water partition coefficient (Wildman–Crippen LogP) is 5.89. The number of methoxy groups -OCH3 is 1. The van der Waals surface area contributed by atoms with E-state index in [-0.39, 0.29) is 5.82 Å². The monoisotopic (exact) mass is 560 g/mol. The number of benzene rings is 2. The van der Waals surface area contributed by atoms with Crippen molar-refractivity contribution >= 4 is 45.6 Å². The van der Waals surface area contributed by atoms with Crippen molar-refractivity contribution in [3.8, 4) is 23.6 Å². The fourth-order valence-corrected chi connectivity index (χ4v) is 4.36. The highest BCUT2D eigenvalue weighted by Gasteiger charge is 2.29. The molecule has 2 N–H and O–H groups in total. The van der Waals surface area contributed by atoms with Crippen LogP contribution in [0, 0.1) is 33.2 Å². The summed E-state index contributed by atoms with van der Waals surface area (Å²) in [6.45, 7) is 4.14. The molecular formula is C27H21IN4O2. The molecule has 0 amide bonds. The van der Waals surface area contributed by atoms with E-state index < -0.39 is 0 Å². The molecule has 0 fully saturated rings. The minimum atomic E-state index is 0.136. The Morgan fingerprint density at radius 2 is 1.79 bits per heavy atom. The minimum absolute atomic E-state index is 0.136. The van der Waals surface area contributed by atoms with Gasteiger partial charge in [-0.25, -0.2) is 4.98 Å². The first kappa shape index (κ1) is 23.3. The third-order valence-corrected chi connectivity index (χ3v) is 6.51. The van der Waals surface area contributed by atoms with E-state index in [0.29, 0.717) is 40.5 Å². The number of halogens is 1. The molecule has 0 aliphatic heterocycles. The molecule has 2 aromatic carbocycles. The summed E-state index contributed by atoms with van der Waals surface area (Å²) < 4.78 is 12.7. The van der Waals surface area contributed by atoms with E-state index in [1.54, 1.807) is 7.11 Å². The van der Waals surface area contributed by atoms with Gasteiger partial charge in [-0.05, 0) is 94.6 Å². The number of allylic oxidation sites excluding steroid dienone is 3. The van der Waals surface area contributed by atoms with Crippen LogP contribution in [0.15, 0.2) is 48.0 Å². The van der Waals surface area contributed by atoms with Gasteiger partial charge in [0.1, 0.15) is 24.6 Å². The number of pyridine rings is 1. The lowest BCUT2D eigenvalue weighted by atomic mass is 9.95. The summed E-state index contributed by atoms with van der Waals surface area (Å²) in [5, 5.41) is 19.3. The van der Waals surface area contributed by atoms with Gasteiger partial charge in [0.05, 0.1) is 23.9 Å². The molecule has 0 radical (unpaired) electrons. The van der Waals surface area contributed by atoms with E-state index in [0.717, 1.165) is 27.8 Å². The maximum Gasteiger partial charge on any atom is 0.161 e. The molecule has 1 aromatic heterocycles. The summed E-state index contributed by atoms with van der Waals surface area (Å²) in [4.78, 5) is 4.38. The van der Waals surface area contributed by atoms with Crippen molar-refractivity contribution in [2.24, 2.45) is 0 Å². The minimum Gasteiger partial charge on any atom is -0.493 e. The van der Waals surface area contributed by atoms with Gasteiger partial charge in [-0.1, -0.05) is 18.2 Å². The van der Waals surface area contributed by atoms with Crippen LogP contribution in [0.2, 0.25) is 0 Å². The number of nitriles is 2. The Bertz CT molecular complexity index is 1440. The van der Waals surface area contributed by atoms with Crippen molar-refractivity contribution < 1.29 is 9.47 Å². The number of rotatable bonds is 5. The number of fused-ring (bicyclic) bond motifs is 1. The summed E-state index contributed by atoms with van der Waals surface area (Å²) in [5.41, 5.74) is 12.3. The van der Waals surface area contributed by atoms with E-state index >= 15 is 0 Å². The average Bonchev–Trinajstić information content (AvgIpc) is 3.09. The molecule has 34 heavy (non-hydrogen) atoms. The van der Waals surface area contributed by atoms with Gasteiger partial charge in [0.25, 0.3) is 0 Å². The highest BCUT2D eigenvalue weighted by Crippen LogP contribution is 2.44. The highest BCUT2D eigenvalue weighted by atomic mass is 127. The zero-order chi connectivity index (χ0) is 24.4. The van der Waals surface area contributed by atoms with Crippen molar-refractivity contribution in [1.82, 2.24) is 4.98 Å². The van der Waals surface area contributed by atoms with Crippen molar-refractivity contribution in [2.45, 2.75) is 20.5 Å². The maximum absolute atomic E-state index is 9.74. The molecule has 1 aliphatic rings. The van der Waals surface area contributed by atoms with Crippen LogP contribution in [-0.2, 0) is 6.61 Å². The van der Waals surface area contributed by atoms with Crippen LogP contribution in [0.4, 0.5) is 5.82 Å². The van der Waals surface area contributed by atoms with Crippen LogP contribution in [0.25, 0.3) is 17.2 Å². The fraction of sp³-hybridized carbons (Fsp3) is 0.148. The molecule has 0 bridgehead atoms. The van der Waals surface area contributed by atoms with Gasteiger partial charge >= 0.3 is 0 Å². The van der Waals surface area contributed by atoms with Crippen LogP contribution < -0.4 is 15.2 Å². The summed E-state index contributed by atoms with van der Waals surface area (Å²) >= 11 is 2.27. The number of anilines is 1.